The molecule has 2 aromatic rings. The minimum Gasteiger partial charge on any atom is -0.370 e. The highest BCUT2D eigenvalue weighted by Crippen LogP contribution is 2.33. The largest absolute Gasteiger partial charge is 0.370 e. The lowest BCUT2D eigenvalue weighted by Gasteiger charge is -2.10. The maximum atomic E-state index is 6.21. The molecule has 5 N–H and O–H groups in total. The van der Waals surface area contributed by atoms with Crippen molar-refractivity contribution in [3.63, 3.8) is 0 Å². The van der Waals surface area contributed by atoms with Gasteiger partial charge in [0.05, 0.1) is 15.7 Å². The number of halogens is 2. The van der Waals surface area contributed by atoms with Crippen molar-refractivity contribution in [2.75, 3.05) is 24.1 Å². The summed E-state index contributed by atoms with van der Waals surface area (Å²) in [7, 11) is 0. The molecule has 0 aliphatic rings. The Bertz CT molecular complexity index is 618. The van der Waals surface area contributed by atoms with Crippen LogP contribution in [0, 0.1) is 0 Å². The number of anilines is 2. The molecule has 0 spiro atoms. The van der Waals surface area contributed by atoms with E-state index in [2.05, 4.69) is 15.3 Å². The van der Waals surface area contributed by atoms with Crippen molar-refractivity contribution >= 4 is 35.0 Å². The standard InChI is InChI=1S/C14H17Cl2N5/c15-10-5-3-4-9(13(10)16)11-8-12(21-14(18)20-11)19-7-2-1-6-17/h3-5,8H,1-2,6-7,17H2,(H3,18,19,20,21). The molecule has 0 atom stereocenters. The van der Waals surface area contributed by atoms with Crippen LogP contribution in [0.15, 0.2) is 24.3 Å². The van der Waals surface area contributed by atoms with Crippen molar-refractivity contribution in [1.29, 1.82) is 0 Å². The molecule has 0 aliphatic carbocycles. The van der Waals surface area contributed by atoms with E-state index in [1.165, 1.54) is 0 Å². The average Bonchev–Trinajstić information content (AvgIpc) is 2.46. The highest BCUT2D eigenvalue weighted by Gasteiger charge is 2.10. The van der Waals surface area contributed by atoms with Crippen LogP contribution in [-0.2, 0) is 0 Å². The second kappa shape index (κ2) is 7.45. The second-order valence-electron chi connectivity index (χ2n) is 4.52. The van der Waals surface area contributed by atoms with Crippen molar-refractivity contribution in [1.82, 2.24) is 9.97 Å². The number of hydrogen-bond acceptors (Lipinski definition) is 5. The minimum absolute atomic E-state index is 0.185. The number of nitrogens with one attached hydrogen (secondary N) is 1. The van der Waals surface area contributed by atoms with E-state index < -0.39 is 0 Å². The third-order valence-electron chi connectivity index (χ3n) is 2.91. The first kappa shape index (κ1) is 15.8. The molecule has 1 heterocycles. The Morgan fingerprint density at radius 1 is 1.14 bits per heavy atom. The third-order valence-corrected chi connectivity index (χ3v) is 3.73. The van der Waals surface area contributed by atoms with E-state index in [0.717, 1.165) is 24.9 Å². The predicted octanol–water partition coefficient (Wildman–Crippen LogP) is 3.18. The predicted molar refractivity (Wildman–Crippen MR) is 88.7 cm³/mol. The summed E-state index contributed by atoms with van der Waals surface area (Å²) in [5.74, 6) is 0.843. The van der Waals surface area contributed by atoms with Gasteiger partial charge in [-0.3, -0.25) is 0 Å². The van der Waals surface area contributed by atoms with Gasteiger partial charge >= 0.3 is 0 Å². The van der Waals surface area contributed by atoms with Gasteiger partial charge in [0.15, 0.2) is 0 Å². The second-order valence-corrected chi connectivity index (χ2v) is 5.31. The summed E-state index contributed by atoms with van der Waals surface area (Å²) in [5, 5.41) is 4.13. The maximum absolute atomic E-state index is 6.21. The lowest BCUT2D eigenvalue weighted by molar-refractivity contribution is 0.772. The van der Waals surface area contributed by atoms with E-state index in [0.29, 0.717) is 28.1 Å². The molecular weight excluding hydrogens is 309 g/mol. The van der Waals surface area contributed by atoms with Crippen LogP contribution < -0.4 is 16.8 Å². The molecule has 0 amide bonds. The van der Waals surface area contributed by atoms with Crippen molar-refractivity contribution < 1.29 is 0 Å². The van der Waals surface area contributed by atoms with E-state index in [1.54, 1.807) is 12.1 Å². The summed E-state index contributed by atoms with van der Waals surface area (Å²) >= 11 is 12.2. The van der Waals surface area contributed by atoms with Crippen LogP contribution in [0.5, 0.6) is 0 Å². The van der Waals surface area contributed by atoms with E-state index in [-0.39, 0.29) is 5.95 Å². The number of nitrogens with two attached hydrogens (primary N) is 2. The summed E-state index contributed by atoms with van der Waals surface area (Å²) < 4.78 is 0. The van der Waals surface area contributed by atoms with Crippen molar-refractivity contribution in [2.24, 2.45) is 5.73 Å². The molecule has 0 radical (unpaired) electrons. The zero-order valence-corrected chi connectivity index (χ0v) is 13.0. The minimum atomic E-state index is 0.185. The molecule has 0 bridgehead atoms. The van der Waals surface area contributed by atoms with Crippen molar-refractivity contribution in [3.05, 3.63) is 34.3 Å². The molecule has 21 heavy (non-hydrogen) atoms. The molecule has 0 aliphatic heterocycles. The fourth-order valence-corrected chi connectivity index (χ4v) is 2.28. The number of hydrogen-bond donors (Lipinski definition) is 3. The Hall–Kier alpha value is -1.56. The normalized spacial score (nSPS) is 10.6. The lowest BCUT2D eigenvalue weighted by Crippen LogP contribution is -2.08. The summed E-state index contributed by atoms with van der Waals surface area (Å²) in [6.45, 7) is 1.45. The first-order chi connectivity index (χ1) is 10.1. The summed E-state index contributed by atoms with van der Waals surface area (Å²) in [6.07, 6.45) is 1.92. The third kappa shape index (κ3) is 4.20. The van der Waals surface area contributed by atoms with Crippen LogP contribution in [-0.4, -0.2) is 23.1 Å². The zero-order chi connectivity index (χ0) is 15.2. The van der Waals surface area contributed by atoms with Crippen LogP contribution in [0.25, 0.3) is 11.3 Å². The lowest BCUT2D eigenvalue weighted by atomic mass is 10.1. The highest BCUT2D eigenvalue weighted by atomic mass is 35.5. The van der Waals surface area contributed by atoms with Gasteiger partial charge in [0.1, 0.15) is 5.82 Å². The summed E-state index contributed by atoms with van der Waals surface area (Å²) in [4.78, 5) is 8.37. The van der Waals surface area contributed by atoms with E-state index in [9.17, 15) is 0 Å². The van der Waals surface area contributed by atoms with E-state index in [4.69, 9.17) is 34.7 Å². The van der Waals surface area contributed by atoms with Gasteiger partial charge in [-0.2, -0.15) is 4.98 Å². The van der Waals surface area contributed by atoms with Gasteiger partial charge in [-0.15, -0.1) is 0 Å². The van der Waals surface area contributed by atoms with Gasteiger partial charge in [-0.05, 0) is 25.5 Å². The number of benzene rings is 1. The van der Waals surface area contributed by atoms with Crippen LogP contribution in [0.2, 0.25) is 10.0 Å². The van der Waals surface area contributed by atoms with Gasteiger partial charge in [0, 0.05) is 18.2 Å². The van der Waals surface area contributed by atoms with Crippen LogP contribution >= 0.6 is 23.2 Å². The van der Waals surface area contributed by atoms with Crippen LogP contribution in [0.3, 0.4) is 0 Å². The Balaban J connectivity index is 2.24. The molecule has 5 nitrogen and oxygen atoms in total. The average molecular weight is 326 g/mol. The molecule has 112 valence electrons. The van der Waals surface area contributed by atoms with Crippen molar-refractivity contribution in [3.8, 4) is 11.3 Å². The van der Waals surface area contributed by atoms with Crippen LogP contribution in [0.1, 0.15) is 12.8 Å². The number of aromatic nitrogens is 2. The highest BCUT2D eigenvalue weighted by molar-refractivity contribution is 6.43. The zero-order valence-electron chi connectivity index (χ0n) is 11.4. The molecule has 1 aromatic heterocycles. The number of nitrogens with zero attached hydrogens (tertiary/aromatic N) is 2. The number of nitrogen functional groups attached to an aromatic ring is 1. The molecule has 0 saturated carbocycles. The number of unbranched alkanes of at least 4 members (excludes halogenated alkanes) is 1. The molecular formula is C14H17Cl2N5. The Kier molecular flexibility index (Phi) is 5.61. The SMILES string of the molecule is NCCCCNc1cc(-c2cccc(Cl)c2Cl)nc(N)n1. The van der Waals surface area contributed by atoms with Crippen LogP contribution in [0.4, 0.5) is 11.8 Å². The first-order valence-electron chi connectivity index (χ1n) is 6.64. The monoisotopic (exact) mass is 325 g/mol. The van der Waals surface area contributed by atoms with Gasteiger partial charge in [0.25, 0.3) is 0 Å². The smallest absolute Gasteiger partial charge is 0.222 e. The summed E-state index contributed by atoms with van der Waals surface area (Å²) in [6, 6.07) is 7.19. The quantitative estimate of drug-likeness (QED) is 0.709. The molecule has 1 aromatic carbocycles. The fourth-order valence-electron chi connectivity index (χ4n) is 1.88. The topological polar surface area (TPSA) is 89.8 Å². The molecule has 0 fully saturated rings. The molecule has 7 heteroatoms. The molecule has 2 rings (SSSR count). The molecule has 0 saturated heterocycles. The Labute approximate surface area is 133 Å². The van der Waals surface area contributed by atoms with Crippen molar-refractivity contribution in [2.45, 2.75) is 12.8 Å². The first-order valence-corrected chi connectivity index (χ1v) is 7.40. The molecule has 0 unspecified atom stereocenters. The van der Waals surface area contributed by atoms with Gasteiger partial charge < -0.3 is 16.8 Å². The van der Waals surface area contributed by atoms with Gasteiger partial charge in [-0.25, -0.2) is 4.98 Å². The fraction of sp³-hybridized carbons (Fsp3) is 0.286. The van der Waals surface area contributed by atoms with E-state index in [1.807, 2.05) is 12.1 Å². The maximum Gasteiger partial charge on any atom is 0.222 e. The van der Waals surface area contributed by atoms with Gasteiger partial charge in [0.2, 0.25) is 5.95 Å². The van der Waals surface area contributed by atoms with E-state index >= 15 is 0 Å². The Morgan fingerprint density at radius 3 is 2.71 bits per heavy atom. The number of rotatable bonds is 6. The Morgan fingerprint density at radius 2 is 1.95 bits per heavy atom. The van der Waals surface area contributed by atoms with Gasteiger partial charge in [-0.1, -0.05) is 35.3 Å². The summed E-state index contributed by atoms with van der Waals surface area (Å²) in [5.41, 5.74) is 12.6.